The van der Waals surface area contributed by atoms with Crippen molar-refractivity contribution in [3.63, 3.8) is 0 Å². The highest BCUT2D eigenvalue weighted by molar-refractivity contribution is 5.40. The minimum absolute atomic E-state index is 0.199. The standard InChI is InChI=1S/C20H24F2N4O/c21-20(22)27-17-6-4-15(5-7-17)13-25-8-10-26(11-9-25)19-12-18(23-14-24-19)16-2-1-3-16/h4-7,12,14,16,20H,1-3,8-11,13H2. The Bertz CT molecular complexity index is 744. The fourth-order valence-corrected chi connectivity index (χ4v) is 3.63. The summed E-state index contributed by atoms with van der Waals surface area (Å²) in [6.45, 7) is 1.76. The summed E-state index contributed by atoms with van der Waals surface area (Å²) in [5, 5.41) is 0. The lowest BCUT2D eigenvalue weighted by Crippen LogP contribution is -2.46. The van der Waals surface area contributed by atoms with Crippen molar-refractivity contribution in [1.82, 2.24) is 14.9 Å². The summed E-state index contributed by atoms with van der Waals surface area (Å²) in [4.78, 5) is 13.6. The van der Waals surface area contributed by atoms with E-state index in [4.69, 9.17) is 0 Å². The second-order valence-corrected chi connectivity index (χ2v) is 7.21. The molecule has 0 N–H and O–H groups in total. The normalized spacial score (nSPS) is 18.6. The van der Waals surface area contributed by atoms with E-state index in [1.807, 2.05) is 12.1 Å². The van der Waals surface area contributed by atoms with Crippen molar-refractivity contribution in [1.29, 1.82) is 0 Å². The Hall–Kier alpha value is -2.28. The van der Waals surface area contributed by atoms with Gasteiger partial charge in [-0.25, -0.2) is 9.97 Å². The van der Waals surface area contributed by atoms with Crippen LogP contribution in [0.4, 0.5) is 14.6 Å². The Kier molecular flexibility index (Phi) is 5.48. The van der Waals surface area contributed by atoms with E-state index in [-0.39, 0.29) is 5.75 Å². The van der Waals surface area contributed by atoms with Crippen LogP contribution in [0.25, 0.3) is 0 Å². The van der Waals surface area contributed by atoms with Crippen LogP contribution in [-0.4, -0.2) is 47.7 Å². The monoisotopic (exact) mass is 374 g/mol. The maximum Gasteiger partial charge on any atom is 0.387 e. The molecule has 0 unspecified atom stereocenters. The molecule has 0 atom stereocenters. The first-order chi connectivity index (χ1) is 13.2. The van der Waals surface area contributed by atoms with Crippen molar-refractivity contribution in [3.05, 3.63) is 47.9 Å². The number of anilines is 1. The van der Waals surface area contributed by atoms with Gasteiger partial charge >= 0.3 is 6.61 Å². The van der Waals surface area contributed by atoms with Crippen LogP contribution in [-0.2, 0) is 6.54 Å². The molecule has 144 valence electrons. The molecule has 27 heavy (non-hydrogen) atoms. The van der Waals surface area contributed by atoms with Crippen molar-refractivity contribution in [2.24, 2.45) is 0 Å². The minimum atomic E-state index is -2.78. The van der Waals surface area contributed by atoms with E-state index in [1.165, 1.54) is 25.0 Å². The van der Waals surface area contributed by atoms with Crippen LogP contribution in [0.3, 0.4) is 0 Å². The minimum Gasteiger partial charge on any atom is -0.435 e. The predicted molar refractivity (Wildman–Crippen MR) is 99.2 cm³/mol. The Morgan fingerprint density at radius 2 is 1.78 bits per heavy atom. The smallest absolute Gasteiger partial charge is 0.387 e. The molecule has 1 aromatic carbocycles. The largest absolute Gasteiger partial charge is 0.435 e. The van der Waals surface area contributed by atoms with E-state index in [2.05, 4.69) is 30.6 Å². The van der Waals surface area contributed by atoms with Gasteiger partial charge < -0.3 is 9.64 Å². The summed E-state index contributed by atoms with van der Waals surface area (Å²) in [7, 11) is 0. The van der Waals surface area contributed by atoms with E-state index in [1.54, 1.807) is 18.5 Å². The Balaban J connectivity index is 1.30. The highest BCUT2D eigenvalue weighted by Gasteiger charge is 2.23. The molecule has 0 radical (unpaired) electrons. The van der Waals surface area contributed by atoms with Gasteiger partial charge in [-0.3, -0.25) is 4.90 Å². The van der Waals surface area contributed by atoms with Crippen LogP contribution >= 0.6 is 0 Å². The molecule has 1 saturated heterocycles. The number of piperazine rings is 1. The third kappa shape index (κ3) is 4.53. The van der Waals surface area contributed by atoms with Gasteiger partial charge in [-0.15, -0.1) is 0 Å². The average molecular weight is 374 g/mol. The molecule has 2 heterocycles. The lowest BCUT2D eigenvalue weighted by atomic mass is 9.83. The summed E-state index contributed by atoms with van der Waals surface area (Å²) in [6.07, 6.45) is 5.48. The summed E-state index contributed by atoms with van der Waals surface area (Å²) >= 11 is 0. The number of hydrogen-bond donors (Lipinski definition) is 0. The van der Waals surface area contributed by atoms with Gasteiger partial charge in [0.15, 0.2) is 0 Å². The molecular weight excluding hydrogens is 350 g/mol. The van der Waals surface area contributed by atoms with Gasteiger partial charge in [0.1, 0.15) is 17.9 Å². The van der Waals surface area contributed by atoms with Crippen LogP contribution < -0.4 is 9.64 Å². The number of halogens is 2. The number of rotatable bonds is 6. The Morgan fingerprint density at radius 1 is 1.04 bits per heavy atom. The summed E-state index contributed by atoms with van der Waals surface area (Å²) in [6, 6.07) is 9.04. The van der Waals surface area contributed by atoms with Gasteiger partial charge in [-0.2, -0.15) is 8.78 Å². The Morgan fingerprint density at radius 3 is 2.41 bits per heavy atom. The van der Waals surface area contributed by atoms with E-state index >= 15 is 0 Å². The zero-order valence-electron chi connectivity index (χ0n) is 15.2. The average Bonchev–Trinajstić information content (AvgIpc) is 2.62. The molecule has 5 nitrogen and oxygen atoms in total. The molecule has 1 saturated carbocycles. The van der Waals surface area contributed by atoms with Crippen molar-refractivity contribution in [2.75, 3.05) is 31.1 Å². The molecule has 1 aliphatic carbocycles. The van der Waals surface area contributed by atoms with Gasteiger partial charge in [0.05, 0.1) is 0 Å². The summed E-state index contributed by atoms with van der Waals surface area (Å²) < 4.78 is 28.8. The van der Waals surface area contributed by atoms with Gasteiger partial charge in [-0.1, -0.05) is 18.6 Å². The SMILES string of the molecule is FC(F)Oc1ccc(CN2CCN(c3cc(C4CCC4)ncn3)CC2)cc1. The molecule has 0 bridgehead atoms. The lowest BCUT2D eigenvalue weighted by molar-refractivity contribution is -0.0498. The van der Waals surface area contributed by atoms with Crippen LogP contribution in [0.15, 0.2) is 36.7 Å². The molecule has 7 heteroatoms. The van der Waals surface area contributed by atoms with Crippen LogP contribution in [0.2, 0.25) is 0 Å². The first-order valence-electron chi connectivity index (χ1n) is 9.50. The number of alkyl halides is 2. The number of hydrogen-bond acceptors (Lipinski definition) is 5. The van der Waals surface area contributed by atoms with Crippen molar-refractivity contribution in [3.8, 4) is 5.75 Å². The van der Waals surface area contributed by atoms with Gasteiger partial charge in [0, 0.05) is 50.4 Å². The maximum absolute atomic E-state index is 12.2. The van der Waals surface area contributed by atoms with Gasteiger partial charge in [0.25, 0.3) is 0 Å². The molecule has 2 aliphatic rings. The molecular formula is C20H24F2N4O. The highest BCUT2D eigenvalue weighted by atomic mass is 19.3. The van der Waals surface area contributed by atoms with Gasteiger partial charge in [-0.05, 0) is 30.5 Å². The first kappa shape index (κ1) is 18.1. The second kappa shape index (κ2) is 8.17. The molecule has 2 aromatic rings. The molecule has 0 amide bonds. The molecule has 1 aliphatic heterocycles. The highest BCUT2D eigenvalue weighted by Crippen LogP contribution is 2.35. The third-order valence-electron chi connectivity index (χ3n) is 5.45. The number of ether oxygens (including phenoxy) is 1. The first-order valence-corrected chi connectivity index (χ1v) is 9.50. The Labute approximate surface area is 158 Å². The molecule has 0 spiro atoms. The predicted octanol–water partition coefficient (Wildman–Crippen LogP) is 3.67. The van der Waals surface area contributed by atoms with E-state index in [0.717, 1.165) is 44.1 Å². The topological polar surface area (TPSA) is 41.5 Å². The van der Waals surface area contributed by atoms with E-state index < -0.39 is 6.61 Å². The van der Waals surface area contributed by atoms with E-state index in [9.17, 15) is 8.78 Å². The quantitative estimate of drug-likeness (QED) is 0.772. The number of nitrogens with zero attached hydrogens (tertiary/aromatic N) is 4. The zero-order chi connectivity index (χ0) is 18.6. The fraction of sp³-hybridized carbons (Fsp3) is 0.500. The van der Waals surface area contributed by atoms with Crippen LogP contribution in [0, 0.1) is 0 Å². The van der Waals surface area contributed by atoms with Crippen LogP contribution in [0.5, 0.6) is 5.75 Å². The second-order valence-electron chi connectivity index (χ2n) is 7.21. The van der Waals surface area contributed by atoms with Crippen LogP contribution in [0.1, 0.15) is 36.4 Å². The molecule has 1 aromatic heterocycles. The molecule has 2 fully saturated rings. The van der Waals surface area contributed by atoms with Crippen molar-refractivity contribution in [2.45, 2.75) is 38.3 Å². The number of benzene rings is 1. The van der Waals surface area contributed by atoms with E-state index in [0.29, 0.717) is 5.92 Å². The van der Waals surface area contributed by atoms with Gasteiger partial charge in [0.2, 0.25) is 0 Å². The summed E-state index contributed by atoms with van der Waals surface area (Å²) in [5.74, 6) is 1.84. The number of aromatic nitrogens is 2. The van der Waals surface area contributed by atoms with Crippen molar-refractivity contribution >= 4 is 5.82 Å². The lowest BCUT2D eigenvalue weighted by Gasteiger charge is -2.35. The maximum atomic E-state index is 12.2. The summed E-state index contributed by atoms with van der Waals surface area (Å²) in [5.41, 5.74) is 2.28. The van der Waals surface area contributed by atoms with Crippen molar-refractivity contribution < 1.29 is 13.5 Å². The molecule has 4 rings (SSSR count). The zero-order valence-corrected chi connectivity index (χ0v) is 15.2. The third-order valence-corrected chi connectivity index (χ3v) is 5.45. The fourth-order valence-electron chi connectivity index (χ4n) is 3.63.